The lowest BCUT2D eigenvalue weighted by atomic mass is 10.0. The van der Waals surface area contributed by atoms with Crippen LogP contribution in [-0.4, -0.2) is 50.8 Å². The Morgan fingerprint density at radius 1 is 0.967 bits per heavy atom. The van der Waals surface area contributed by atoms with E-state index in [2.05, 4.69) is 15.0 Å². The SMILES string of the molecule is Oc1c([C@H](c2ccc(F)cc2)N2CCN(c3ccccc3F)CC2)sc2ncnn12. The minimum Gasteiger partial charge on any atom is -0.492 e. The van der Waals surface area contributed by atoms with Gasteiger partial charge in [0.05, 0.1) is 16.6 Å². The number of fused-ring (bicyclic) bond motifs is 1. The minimum absolute atomic E-state index is 0.0401. The van der Waals surface area contributed by atoms with Crippen LogP contribution in [0.2, 0.25) is 0 Å². The molecule has 0 saturated carbocycles. The molecule has 0 bridgehead atoms. The van der Waals surface area contributed by atoms with Crippen LogP contribution in [0.1, 0.15) is 16.5 Å². The van der Waals surface area contributed by atoms with E-state index < -0.39 is 0 Å². The Morgan fingerprint density at radius 3 is 2.40 bits per heavy atom. The number of nitrogens with zero attached hydrogens (tertiary/aromatic N) is 5. The van der Waals surface area contributed by atoms with Crippen molar-refractivity contribution in [3.05, 3.63) is 76.9 Å². The Labute approximate surface area is 175 Å². The summed E-state index contributed by atoms with van der Waals surface area (Å²) in [5, 5.41) is 14.8. The molecule has 0 spiro atoms. The van der Waals surface area contributed by atoms with Crippen LogP contribution < -0.4 is 4.90 Å². The third kappa shape index (κ3) is 3.29. The number of rotatable bonds is 4. The van der Waals surface area contributed by atoms with Crippen LogP contribution in [0, 0.1) is 11.6 Å². The molecule has 0 amide bonds. The van der Waals surface area contributed by atoms with E-state index in [1.165, 1.54) is 40.4 Å². The van der Waals surface area contributed by atoms with Crippen molar-refractivity contribution in [1.29, 1.82) is 0 Å². The number of anilines is 1. The maximum absolute atomic E-state index is 14.2. The van der Waals surface area contributed by atoms with Gasteiger partial charge in [-0.25, -0.2) is 13.8 Å². The predicted molar refractivity (Wildman–Crippen MR) is 111 cm³/mol. The summed E-state index contributed by atoms with van der Waals surface area (Å²) >= 11 is 1.36. The molecule has 5 rings (SSSR count). The highest BCUT2D eigenvalue weighted by atomic mass is 32.1. The van der Waals surface area contributed by atoms with Crippen molar-refractivity contribution in [3.63, 3.8) is 0 Å². The number of hydrogen-bond acceptors (Lipinski definition) is 6. The third-order valence-electron chi connectivity index (χ3n) is 5.45. The fourth-order valence-corrected chi connectivity index (χ4v) is 5.07. The van der Waals surface area contributed by atoms with Crippen LogP contribution in [0.4, 0.5) is 14.5 Å². The van der Waals surface area contributed by atoms with Gasteiger partial charge in [-0.3, -0.25) is 4.90 Å². The molecule has 1 aliphatic heterocycles. The normalized spacial score (nSPS) is 16.3. The zero-order valence-corrected chi connectivity index (χ0v) is 16.8. The highest BCUT2D eigenvalue weighted by Crippen LogP contribution is 2.40. The number of halogens is 2. The van der Waals surface area contributed by atoms with E-state index in [0.29, 0.717) is 41.7 Å². The molecule has 0 unspecified atom stereocenters. The summed E-state index contributed by atoms with van der Waals surface area (Å²) in [7, 11) is 0. The van der Waals surface area contributed by atoms with Crippen LogP contribution in [-0.2, 0) is 0 Å². The molecule has 30 heavy (non-hydrogen) atoms. The van der Waals surface area contributed by atoms with Crippen molar-refractivity contribution < 1.29 is 13.9 Å². The van der Waals surface area contributed by atoms with Gasteiger partial charge < -0.3 is 10.0 Å². The Hall–Kier alpha value is -3.04. The summed E-state index contributed by atoms with van der Waals surface area (Å²) < 4.78 is 29.1. The van der Waals surface area contributed by atoms with Gasteiger partial charge in [-0.05, 0) is 29.8 Å². The second kappa shape index (κ2) is 7.66. The summed E-state index contributed by atoms with van der Waals surface area (Å²) in [6.07, 6.45) is 1.40. The molecular formula is C21H19F2N5OS. The molecule has 2 aromatic carbocycles. The fourth-order valence-electron chi connectivity index (χ4n) is 3.97. The quantitative estimate of drug-likeness (QED) is 0.538. The highest BCUT2D eigenvalue weighted by molar-refractivity contribution is 7.17. The van der Waals surface area contributed by atoms with Crippen LogP contribution in [0.5, 0.6) is 5.88 Å². The molecule has 9 heteroatoms. The van der Waals surface area contributed by atoms with Crippen molar-refractivity contribution in [2.24, 2.45) is 0 Å². The Morgan fingerprint density at radius 2 is 1.70 bits per heavy atom. The lowest BCUT2D eigenvalue weighted by Gasteiger charge is -2.40. The molecule has 3 heterocycles. The van der Waals surface area contributed by atoms with E-state index in [-0.39, 0.29) is 23.6 Å². The number of aromatic nitrogens is 3. The van der Waals surface area contributed by atoms with Crippen LogP contribution >= 0.6 is 11.3 Å². The van der Waals surface area contributed by atoms with Crippen LogP contribution in [0.15, 0.2) is 54.9 Å². The van der Waals surface area contributed by atoms with Crippen molar-refractivity contribution in [1.82, 2.24) is 19.5 Å². The average molecular weight is 427 g/mol. The largest absolute Gasteiger partial charge is 0.492 e. The molecule has 4 aromatic rings. The van der Waals surface area contributed by atoms with Crippen molar-refractivity contribution >= 4 is 22.0 Å². The molecule has 0 radical (unpaired) electrons. The van der Waals surface area contributed by atoms with Gasteiger partial charge in [0.25, 0.3) is 0 Å². The molecule has 1 atom stereocenters. The summed E-state index contributed by atoms with van der Waals surface area (Å²) in [4.78, 5) is 9.72. The first-order valence-electron chi connectivity index (χ1n) is 9.62. The van der Waals surface area contributed by atoms with Crippen LogP contribution in [0.3, 0.4) is 0 Å². The maximum Gasteiger partial charge on any atom is 0.230 e. The standard InChI is InChI=1S/C21H19F2N5OS/c22-15-7-5-14(6-8-15)18(19-20(29)28-21(30-19)24-13-25-28)27-11-9-26(10-12-27)17-4-2-1-3-16(17)23/h1-8,13,18,29H,9-12H2/t18-/m0/s1. The highest BCUT2D eigenvalue weighted by Gasteiger charge is 2.32. The van der Waals surface area contributed by atoms with Gasteiger partial charge in [0.1, 0.15) is 18.0 Å². The minimum atomic E-state index is -0.311. The summed E-state index contributed by atoms with van der Waals surface area (Å²) in [6.45, 7) is 2.59. The number of piperazine rings is 1. The second-order valence-corrected chi connectivity index (χ2v) is 8.18. The van der Waals surface area contributed by atoms with E-state index in [1.54, 1.807) is 24.3 Å². The van der Waals surface area contributed by atoms with E-state index in [1.807, 2.05) is 11.0 Å². The topological polar surface area (TPSA) is 56.9 Å². The average Bonchev–Trinajstić information content (AvgIpc) is 3.34. The molecule has 0 aliphatic carbocycles. The first-order valence-corrected chi connectivity index (χ1v) is 10.4. The van der Waals surface area contributed by atoms with Crippen molar-refractivity contribution in [2.75, 3.05) is 31.1 Å². The molecule has 1 aliphatic rings. The summed E-state index contributed by atoms with van der Waals surface area (Å²) in [6, 6.07) is 12.8. The number of benzene rings is 2. The fraction of sp³-hybridized carbons (Fsp3) is 0.238. The van der Waals surface area contributed by atoms with Gasteiger partial charge in [-0.1, -0.05) is 35.6 Å². The van der Waals surface area contributed by atoms with E-state index in [9.17, 15) is 13.9 Å². The second-order valence-electron chi connectivity index (χ2n) is 7.17. The molecule has 154 valence electrons. The molecule has 1 fully saturated rings. The molecule has 1 saturated heterocycles. The van der Waals surface area contributed by atoms with E-state index >= 15 is 0 Å². The number of thiazole rings is 1. The van der Waals surface area contributed by atoms with Gasteiger partial charge in [-0.2, -0.15) is 9.61 Å². The van der Waals surface area contributed by atoms with Gasteiger partial charge in [-0.15, -0.1) is 0 Å². The van der Waals surface area contributed by atoms with E-state index in [0.717, 1.165) is 5.56 Å². The number of hydrogen-bond donors (Lipinski definition) is 1. The van der Waals surface area contributed by atoms with Gasteiger partial charge >= 0.3 is 0 Å². The molecular weight excluding hydrogens is 408 g/mol. The number of aromatic hydroxyl groups is 1. The monoisotopic (exact) mass is 427 g/mol. The van der Waals surface area contributed by atoms with Gasteiger partial charge in [0.2, 0.25) is 10.8 Å². The zero-order valence-electron chi connectivity index (χ0n) is 15.9. The first kappa shape index (κ1) is 19.0. The zero-order chi connectivity index (χ0) is 20.7. The Balaban J connectivity index is 1.47. The third-order valence-corrected chi connectivity index (χ3v) is 6.53. The van der Waals surface area contributed by atoms with Crippen molar-refractivity contribution in [3.8, 4) is 5.88 Å². The maximum atomic E-state index is 14.2. The Bertz CT molecular complexity index is 1170. The molecule has 6 nitrogen and oxygen atoms in total. The summed E-state index contributed by atoms with van der Waals surface area (Å²) in [5.41, 5.74) is 1.47. The van der Waals surface area contributed by atoms with E-state index in [4.69, 9.17) is 0 Å². The summed E-state index contributed by atoms with van der Waals surface area (Å²) in [5.74, 6) is -0.503. The predicted octanol–water partition coefficient (Wildman–Crippen LogP) is 3.69. The smallest absolute Gasteiger partial charge is 0.230 e. The van der Waals surface area contributed by atoms with Gasteiger partial charge in [0.15, 0.2) is 0 Å². The van der Waals surface area contributed by atoms with Crippen molar-refractivity contribution in [2.45, 2.75) is 6.04 Å². The molecule has 2 aromatic heterocycles. The lowest BCUT2D eigenvalue weighted by molar-refractivity contribution is 0.210. The van der Waals surface area contributed by atoms with Crippen LogP contribution in [0.25, 0.3) is 4.96 Å². The first-order chi connectivity index (χ1) is 14.6. The number of para-hydroxylation sites is 1. The Kier molecular flexibility index (Phi) is 4.84. The van der Waals surface area contributed by atoms with Gasteiger partial charge in [0, 0.05) is 26.2 Å². The lowest BCUT2D eigenvalue weighted by Crippen LogP contribution is -2.48. The molecule has 1 N–H and O–H groups in total.